The molecule has 0 spiro atoms. The molecule has 170 valence electrons. The second-order valence-corrected chi connectivity index (χ2v) is 8.99. The van der Waals surface area contributed by atoms with Gasteiger partial charge in [0.2, 0.25) is 5.91 Å². The molecule has 0 aliphatic rings. The molecular formula is C26H21ClN4O2S. The molecule has 1 aromatic heterocycles. The summed E-state index contributed by atoms with van der Waals surface area (Å²) in [6.45, 7) is 2.26. The summed E-state index contributed by atoms with van der Waals surface area (Å²) < 4.78 is 1.52. The van der Waals surface area contributed by atoms with E-state index in [0.717, 1.165) is 11.3 Å². The fraction of sp³-hybridized carbons (Fsp3) is 0.154. The van der Waals surface area contributed by atoms with E-state index >= 15 is 0 Å². The van der Waals surface area contributed by atoms with Crippen LogP contribution in [0.5, 0.6) is 0 Å². The summed E-state index contributed by atoms with van der Waals surface area (Å²) in [7, 11) is 0. The van der Waals surface area contributed by atoms with Crippen molar-refractivity contribution in [1.82, 2.24) is 9.55 Å². The summed E-state index contributed by atoms with van der Waals surface area (Å²) in [6, 6.07) is 23.8. The lowest BCUT2D eigenvalue weighted by molar-refractivity contribution is -0.116. The molecule has 1 amide bonds. The minimum Gasteiger partial charge on any atom is -0.311 e. The highest BCUT2D eigenvalue weighted by Crippen LogP contribution is 2.24. The number of carbonyl (C=O) groups is 1. The van der Waals surface area contributed by atoms with E-state index in [9.17, 15) is 9.59 Å². The molecule has 4 rings (SSSR count). The number of nitrogens with zero attached hydrogens (tertiary/aromatic N) is 4. The number of hydrogen-bond acceptors (Lipinski definition) is 5. The summed E-state index contributed by atoms with van der Waals surface area (Å²) >= 11 is 7.32. The van der Waals surface area contributed by atoms with E-state index in [-0.39, 0.29) is 30.2 Å². The van der Waals surface area contributed by atoms with Crippen LogP contribution in [0, 0.1) is 18.3 Å². The quantitative estimate of drug-likeness (QED) is 0.257. The van der Waals surface area contributed by atoms with Crippen LogP contribution < -0.4 is 10.5 Å². The van der Waals surface area contributed by atoms with Gasteiger partial charge in [-0.25, -0.2) is 4.98 Å². The second kappa shape index (κ2) is 10.6. The number of aryl methyl sites for hydroxylation is 1. The van der Waals surface area contributed by atoms with Gasteiger partial charge in [-0.3, -0.25) is 14.2 Å². The largest absolute Gasteiger partial charge is 0.311 e. The number of halogens is 1. The molecule has 1 heterocycles. The third-order valence-corrected chi connectivity index (χ3v) is 6.39. The number of para-hydroxylation sites is 1. The highest BCUT2D eigenvalue weighted by atomic mass is 35.5. The maximum absolute atomic E-state index is 13.4. The van der Waals surface area contributed by atoms with Crippen molar-refractivity contribution in [3.05, 3.63) is 93.7 Å². The number of carbonyl (C=O) groups excluding carboxylic acids is 1. The smallest absolute Gasteiger partial charge is 0.266 e. The van der Waals surface area contributed by atoms with E-state index in [1.165, 1.54) is 16.3 Å². The van der Waals surface area contributed by atoms with Crippen LogP contribution in [0.15, 0.2) is 82.7 Å². The maximum Gasteiger partial charge on any atom is 0.266 e. The molecule has 4 aromatic rings. The number of hydrogen-bond donors (Lipinski definition) is 0. The number of nitriles is 1. The fourth-order valence-electron chi connectivity index (χ4n) is 3.53. The predicted octanol–water partition coefficient (Wildman–Crippen LogP) is 5.39. The number of anilines is 1. The minimum atomic E-state index is -0.232. The van der Waals surface area contributed by atoms with Crippen molar-refractivity contribution >= 4 is 45.9 Å². The molecule has 3 aromatic carbocycles. The molecule has 0 bridgehead atoms. The first kappa shape index (κ1) is 23.6. The Morgan fingerprint density at radius 2 is 1.85 bits per heavy atom. The number of aromatic nitrogens is 2. The Kier molecular flexibility index (Phi) is 7.31. The monoisotopic (exact) mass is 488 g/mol. The molecule has 0 unspecified atom stereocenters. The van der Waals surface area contributed by atoms with Gasteiger partial charge in [-0.15, -0.1) is 0 Å². The summed E-state index contributed by atoms with van der Waals surface area (Å²) in [5, 5.41) is 10.4. The van der Waals surface area contributed by atoms with Gasteiger partial charge >= 0.3 is 0 Å². The SMILES string of the molecule is Cc1ccc(-n2c(SCC(=O)N(CCC#N)c3ccccc3)nc3cc(Cl)ccc3c2=O)cc1. The molecule has 0 aliphatic carbocycles. The number of rotatable bonds is 7. The zero-order valence-corrected chi connectivity index (χ0v) is 20.0. The van der Waals surface area contributed by atoms with Crippen molar-refractivity contribution in [3.8, 4) is 11.8 Å². The fourth-order valence-corrected chi connectivity index (χ4v) is 4.58. The molecule has 0 aliphatic heterocycles. The normalized spacial score (nSPS) is 10.7. The average Bonchev–Trinajstić information content (AvgIpc) is 2.84. The van der Waals surface area contributed by atoms with E-state index in [2.05, 4.69) is 11.1 Å². The Morgan fingerprint density at radius 1 is 1.12 bits per heavy atom. The van der Waals surface area contributed by atoms with Crippen LogP contribution in [-0.4, -0.2) is 27.8 Å². The van der Waals surface area contributed by atoms with Crippen molar-refractivity contribution in [2.75, 3.05) is 17.2 Å². The Morgan fingerprint density at radius 3 is 2.56 bits per heavy atom. The van der Waals surface area contributed by atoms with E-state index in [1.807, 2.05) is 61.5 Å². The molecule has 0 radical (unpaired) electrons. The summed E-state index contributed by atoms with van der Waals surface area (Å²) in [5.41, 5.74) is 2.69. The van der Waals surface area contributed by atoms with Gasteiger partial charge < -0.3 is 4.90 Å². The standard InChI is InChI=1S/C26H21ClN4O2S/c1-18-8-11-21(12-9-18)31-25(33)22-13-10-19(27)16-23(22)29-26(31)34-17-24(32)30(15-5-14-28)20-6-3-2-4-7-20/h2-4,6-13,16H,5,15,17H2,1H3. The first-order chi connectivity index (χ1) is 16.5. The van der Waals surface area contributed by atoms with Crippen LogP contribution in [0.1, 0.15) is 12.0 Å². The lowest BCUT2D eigenvalue weighted by Crippen LogP contribution is -2.33. The molecular weight excluding hydrogens is 468 g/mol. The summed E-state index contributed by atoms with van der Waals surface area (Å²) in [5.74, 6) is -0.132. The van der Waals surface area contributed by atoms with Crippen molar-refractivity contribution in [2.24, 2.45) is 0 Å². The first-order valence-electron chi connectivity index (χ1n) is 10.6. The van der Waals surface area contributed by atoms with Gasteiger partial charge in [0.05, 0.1) is 34.8 Å². The van der Waals surface area contributed by atoms with Gasteiger partial charge in [0, 0.05) is 17.3 Å². The molecule has 0 N–H and O–H groups in total. The topological polar surface area (TPSA) is 79.0 Å². The molecule has 34 heavy (non-hydrogen) atoms. The molecule has 0 fully saturated rings. The van der Waals surface area contributed by atoms with Gasteiger partial charge in [-0.1, -0.05) is 59.3 Å². The zero-order chi connectivity index (χ0) is 24.1. The van der Waals surface area contributed by atoms with Crippen LogP contribution in [0.25, 0.3) is 16.6 Å². The van der Waals surface area contributed by atoms with E-state index in [0.29, 0.717) is 26.8 Å². The van der Waals surface area contributed by atoms with Crippen molar-refractivity contribution in [2.45, 2.75) is 18.5 Å². The Bertz CT molecular complexity index is 1430. The average molecular weight is 489 g/mol. The lowest BCUT2D eigenvalue weighted by atomic mass is 10.2. The van der Waals surface area contributed by atoms with Crippen LogP contribution in [-0.2, 0) is 4.79 Å². The van der Waals surface area contributed by atoms with E-state index in [1.54, 1.807) is 23.1 Å². The van der Waals surface area contributed by atoms with Crippen molar-refractivity contribution < 1.29 is 4.79 Å². The van der Waals surface area contributed by atoms with Crippen LogP contribution in [0.4, 0.5) is 5.69 Å². The Labute approximate surface area is 206 Å². The molecule has 0 saturated carbocycles. The zero-order valence-electron chi connectivity index (χ0n) is 18.4. The van der Waals surface area contributed by atoms with Gasteiger partial charge in [-0.05, 0) is 49.4 Å². The maximum atomic E-state index is 13.4. The molecule has 0 atom stereocenters. The van der Waals surface area contributed by atoms with Gasteiger partial charge in [-0.2, -0.15) is 5.26 Å². The number of thioether (sulfide) groups is 1. The molecule has 6 nitrogen and oxygen atoms in total. The van der Waals surface area contributed by atoms with Crippen molar-refractivity contribution in [1.29, 1.82) is 5.26 Å². The summed E-state index contributed by atoms with van der Waals surface area (Å²) in [6.07, 6.45) is 0.214. The highest BCUT2D eigenvalue weighted by molar-refractivity contribution is 7.99. The minimum absolute atomic E-state index is 0.0463. The van der Waals surface area contributed by atoms with Gasteiger partial charge in [0.25, 0.3) is 5.56 Å². The Hall–Kier alpha value is -3.60. The molecule has 8 heteroatoms. The number of benzene rings is 3. The summed E-state index contributed by atoms with van der Waals surface area (Å²) in [4.78, 5) is 32.9. The number of amides is 1. The third kappa shape index (κ3) is 5.14. The third-order valence-electron chi connectivity index (χ3n) is 5.23. The predicted molar refractivity (Wildman–Crippen MR) is 137 cm³/mol. The van der Waals surface area contributed by atoms with Gasteiger partial charge in [0.15, 0.2) is 5.16 Å². The van der Waals surface area contributed by atoms with Crippen LogP contribution >= 0.6 is 23.4 Å². The van der Waals surface area contributed by atoms with E-state index in [4.69, 9.17) is 16.9 Å². The second-order valence-electron chi connectivity index (χ2n) is 7.61. The Balaban J connectivity index is 1.72. The highest BCUT2D eigenvalue weighted by Gasteiger charge is 2.19. The van der Waals surface area contributed by atoms with Crippen LogP contribution in [0.2, 0.25) is 5.02 Å². The lowest BCUT2D eigenvalue weighted by Gasteiger charge is -2.22. The van der Waals surface area contributed by atoms with Crippen molar-refractivity contribution in [3.63, 3.8) is 0 Å². The first-order valence-corrected chi connectivity index (χ1v) is 12.0. The van der Waals surface area contributed by atoms with Gasteiger partial charge in [0.1, 0.15) is 0 Å². The van der Waals surface area contributed by atoms with E-state index < -0.39 is 0 Å². The van der Waals surface area contributed by atoms with Crippen LogP contribution in [0.3, 0.4) is 0 Å². The molecule has 0 saturated heterocycles. The number of fused-ring (bicyclic) bond motifs is 1.